The monoisotopic (exact) mass is 821 g/mol. The standard InChI is InChI=1S/C41H59N9O7S/c1-6-57-22-32-47-36-37(28-11-7-8-13-30(28)46-38(36)42)50(32)24-41(3,4)48-33(52)20-45-39(55)27-16-14-26(15-17-27)21-49-35(54)19-31(40(49)56)58-23-34(53)44-18-10-9-12-29(43-5)25(2)51/h7-8,11,13,26-27,29,31,43H,6,9-10,12,14-24H2,1-5H3,(H2,42,46)(H,44,53)(H,45,55)(H,48,52). The van der Waals surface area contributed by atoms with Gasteiger partial charge in [0.1, 0.15) is 23.7 Å². The number of nitrogens with zero attached hydrogens (tertiary/aromatic N) is 4. The van der Waals surface area contributed by atoms with Crippen molar-refractivity contribution in [2.24, 2.45) is 11.8 Å². The number of nitrogen functional groups attached to an aromatic ring is 1. The second-order valence-corrected chi connectivity index (χ2v) is 17.2. The third kappa shape index (κ3) is 11.5. The fourth-order valence-corrected chi connectivity index (χ4v) is 8.85. The van der Waals surface area contributed by atoms with E-state index in [1.165, 1.54) is 16.7 Å². The number of carbonyl (C=O) groups is 6. The molecule has 1 aliphatic heterocycles. The van der Waals surface area contributed by atoms with Crippen LogP contribution in [0.3, 0.4) is 0 Å². The summed E-state index contributed by atoms with van der Waals surface area (Å²) in [5.41, 5.74) is 7.72. The van der Waals surface area contributed by atoms with Crippen molar-refractivity contribution < 1.29 is 33.5 Å². The van der Waals surface area contributed by atoms with Crippen LogP contribution in [0.15, 0.2) is 24.3 Å². The van der Waals surface area contributed by atoms with Crippen molar-refractivity contribution in [2.45, 2.75) is 109 Å². The SMILES string of the molecule is CCOCc1nc2c(N)nc3ccccc3c2n1CC(C)(C)NC(=O)CNC(=O)C1CCC(CN2C(=O)CC(SCC(=O)NCCCCC(NC)C(C)=O)C2=O)CC1. The van der Waals surface area contributed by atoms with E-state index in [1.807, 2.05) is 49.6 Å². The first-order valence-electron chi connectivity index (χ1n) is 20.3. The van der Waals surface area contributed by atoms with E-state index in [0.29, 0.717) is 75.5 Å². The number of likely N-dealkylation sites (tertiary alicyclic amines) is 1. The molecule has 3 aromatic rings. The van der Waals surface area contributed by atoms with Crippen molar-refractivity contribution in [3.05, 3.63) is 30.1 Å². The Morgan fingerprint density at radius 1 is 1.03 bits per heavy atom. The molecule has 5 amide bonds. The zero-order valence-electron chi connectivity index (χ0n) is 34.4. The van der Waals surface area contributed by atoms with Gasteiger partial charge in [-0.1, -0.05) is 18.2 Å². The minimum atomic E-state index is -0.739. The first kappa shape index (κ1) is 44.5. The lowest BCUT2D eigenvalue weighted by Crippen LogP contribution is -2.50. The van der Waals surface area contributed by atoms with Gasteiger partial charge in [-0.05, 0) is 91.7 Å². The molecule has 2 aromatic heterocycles. The van der Waals surface area contributed by atoms with Crippen LogP contribution >= 0.6 is 11.8 Å². The van der Waals surface area contributed by atoms with E-state index in [0.717, 1.165) is 29.3 Å². The fourth-order valence-electron chi connectivity index (χ4n) is 7.87. The Labute approximate surface area is 343 Å². The van der Waals surface area contributed by atoms with E-state index in [2.05, 4.69) is 26.3 Å². The lowest BCUT2D eigenvalue weighted by molar-refractivity contribution is -0.139. The average molecular weight is 822 g/mol. The molecular formula is C41H59N9O7S. The van der Waals surface area contributed by atoms with Gasteiger partial charge in [0.2, 0.25) is 29.5 Å². The molecule has 16 nitrogen and oxygen atoms in total. The number of ether oxygens (including phenoxy) is 1. The molecule has 3 heterocycles. The number of likely N-dealkylation sites (N-methyl/N-ethyl adjacent to an activating group) is 1. The number of ketones is 1. The molecule has 1 aromatic carbocycles. The van der Waals surface area contributed by atoms with E-state index in [9.17, 15) is 28.8 Å². The Morgan fingerprint density at radius 2 is 1.78 bits per heavy atom. The Balaban J connectivity index is 1.04. The molecule has 0 spiro atoms. The van der Waals surface area contributed by atoms with Crippen LogP contribution in [0.4, 0.5) is 5.82 Å². The van der Waals surface area contributed by atoms with Gasteiger partial charge in [-0.25, -0.2) is 9.97 Å². The number of Topliss-reactive ketones (excluding diaryl/α,β-unsaturated/α-hetero) is 1. The van der Waals surface area contributed by atoms with Crippen molar-refractivity contribution in [3.8, 4) is 0 Å². The van der Waals surface area contributed by atoms with Crippen LogP contribution in [0.2, 0.25) is 0 Å². The summed E-state index contributed by atoms with van der Waals surface area (Å²) in [6.45, 7) is 9.03. The van der Waals surface area contributed by atoms with Gasteiger partial charge in [-0.15, -0.1) is 11.8 Å². The number of unbranched alkanes of at least 4 members (excludes halogenated alkanes) is 1. The summed E-state index contributed by atoms with van der Waals surface area (Å²) in [6.07, 6.45) is 4.83. The molecule has 58 heavy (non-hydrogen) atoms. The number of imide groups is 1. The van der Waals surface area contributed by atoms with E-state index >= 15 is 0 Å². The number of nitrogens with one attached hydrogen (secondary N) is 4. The first-order valence-corrected chi connectivity index (χ1v) is 21.4. The molecule has 5 rings (SSSR count). The Morgan fingerprint density at radius 3 is 2.48 bits per heavy atom. The number of nitrogens with two attached hydrogens (primary N) is 1. The van der Waals surface area contributed by atoms with Gasteiger partial charge in [-0.2, -0.15) is 0 Å². The zero-order chi connectivity index (χ0) is 42.0. The summed E-state index contributed by atoms with van der Waals surface area (Å²) < 4.78 is 7.74. The molecule has 1 aliphatic carbocycles. The topological polar surface area (TPSA) is 220 Å². The predicted octanol–water partition coefficient (Wildman–Crippen LogP) is 2.84. The third-order valence-electron chi connectivity index (χ3n) is 10.9. The minimum absolute atomic E-state index is 0.0697. The minimum Gasteiger partial charge on any atom is -0.382 e. The van der Waals surface area contributed by atoms with Crippen LogP contribution in [-0.2, 0) is 46.7 Å². The maximum atomic E-state index is 13.2. The number of benzene rings is 1. The number of hydrogen-bond acceptors (Lipinski definition) is 12. The van der Waals surface area contributed by atoms with E-state index in [4.69, 9.17) is 15.5 Å². The number of fused-ring (bicyclic) bond motifs is 3. The number of carbonyl (C=O) groups excluding carboxylic acids is 6. The maximum Gasteiger partial charge on any atom is 0.242 e. The molecule has 6 N–H and O–H groups in total. The smallest absolute Gasteiger partial charge is 0.242 e. The summed E-state index contributed by atoms with van der Waals surface area (Å²) in [7, 11) is 1.75. The highest BCUT2D eigenvalue weighted by molar-refractivity contribution is 8.01. The van der Waals surface area contributed by atoms with Crippen molar-refractivity contribution in [1.29, 1.82) is 0 Å². The number of para-hydroxylation sites is 1. The second-order valence-electron chi connectivity index (χ2n) is 16.0. The quantitative estimate of drug-likeness (QED) is 0.0774. The van der Waals surface area contributed by atoms with Crippen molar-refractivity contribution in [2.75, 3.05) is 44.8 Å². The highest BCUT2D eigenvalue weighted by atomic mass is 32.2. The van der Waals surface area contributed by atoms with Gasteiger partial charge in [0.15, 0.2) is 5.82 Å². The number of aromatic nitrogens is 3. The summed E-state index contributed by atoms with van der Waals surface area (Å²) >= 11 is 1.19. The third-order valence-corrected chi connectivity index (χ3v) is 12.1. The van der Waals surface area contributed by atoms with E-state index in [-0.39, 0.29) is 78.5 Å². The molecule has 0 bridgehead atoms. The van der Waals surface area contributed by atoms with Gasteiger partial charge >= 0.3 is 0 Å². The predicted molar refractivity (Wildman–Crippen MR) is 223 cm³/mol. The molecule has 0 radical (unpaired) electrons. The summed E-state index contributed by atoms with van der Waals surface area (Å²) in [5, 5.41) is 12.0. The van der Waals surface area contributed by atoms with Crippen molar-refractivity contribution in [3.63, 3.8) is 0 Å². The molecule has 2 atom stereocenters. The fraction of sp³-hybridized carbons (Fsp3) is 0.610. The molecule has 2 fully saturated rings. The number of amides is 5. The average Bonchev–Trinajstić information content (AvgIpc) is 3.68. The lowest BCUT2D eigenvalue weighted by Gasteiger charge is -2.30. The summed E-state index contributed by atoms with van der Waals surface area (Å²) in [5.74, 6) is -0.238. The molecule has 1 saturated carbocycles. The molecular weight excluding hydrogens is 763 g/mol. The summed E-state index contributed by atoms with van der Waals surface area (Å²) in [4.78, 5) is 86.9. The number of anilines is 1. The largest absolute Gasteiger partial charge is 0.382 e. The van der Waals surface area contributed by atoms with Crippen LogP contribution in [-0.4, -0.2) is 111 Å². The van der Waals surface area contributed by atoms with Crippen molar-refractivity contribution >= 4 is 74.8 Å². The van der Waals surface area contributed by atoms with Crippen molar-refractivity contribution in [1.82, 2.24) is 40.7 Å². The normalized spacial score (nSPS) is 19.1. The van der Waals surface area contributed by atoms with Crippen LogP contribution < -0.4 is 27.0 Å². The summed E-state index contributed by atoms with van der Waals surface area (Å²) in [6, 6.07) is 7.52. The molecule has 316 valence electrons. The van der Waals surface area contributed by atoms with Crippen LogP contribution in [0.25, 0.3) is 21.9 Å². The van der Waals surface area contributed by atoms with Gasteiger partial charge in [0, 0.05) is 44.0 Å². The first-order chi connectivity index (χ1) is 27.7. The van der Waals surface area contributed by atoms with E-state index < -0.39 is 10.8 Å². The Bertz CT molecular complexity index is 1980. The molecule has 1 saturated heterocycles. The number of imidazole rings is 1. The van der Waals surface area contributed by atoms with Gasteiger partial charge in [-0.3, -0.25) is 33.7 Å². The number of hydrogen-bond donors (Lipinski definition) is 5. The number of rotatable bonds is 21. The highest BCUT2D eigenvalue weighted by Crippen LogP contribution is 2.33. The zero-order valence-corrected chi connectivity index (χ0v) is 35.2. The molecule has 17 heteroatoms. The number of pyridine rings is 1. The van der Waals surface area contributed by atoms with Crippen LogP contribution in [0.1, 0.15) is 84.9 Å². The highest BCUT2D eigenvalue weighted by Gasteiger charge is 2.41. The molecule has 2 aliphatic rings. The van der Waals surface area contributed by atoms with Gasteiger partial charge in [0.25, 0.3) is 0 Å². The van der Waals surface area contributed by atoms with Gasteiger partial charge < -0.3 is 36.3 Å². The van der Waals surface area contributed by atoms with Gasteiger partial charge in [0.05, 0.1) is 40.2 Å². The molecule has 2 unspecified atom stereocenters. The Kier molecular flexibility index (Phi) is 15.6. The van der Waals surface area contributed by atoms with E-state index in [1.54, 1.807) is 14.0 Å². The van der Waals surface area contributed by atoms with Crippen LogP contribution in [0, 0.1) is 11.8 Å². The lowest BCUT2D eigenvalue weighted by atomic mass is 9.81. The van der Waals surface area contributed by atoms with Crippen LogP contribution in [0.5, 0.6) is 0 Å². The second kappa shape index (κ2) is 20.4. The maximum absolute atomic E-state index is 13.2. The number of thioether (sulfide) groups is 1. The Hall–Kier alpha value is -4.61.